The van der Waals surface area contributed by atoms with Crippen molar-refractivity contribution in [1.29, 1.82) is 0 Å². The Labute approximate surface area is 147 Å². The Morgan fingerprint density at radius 1 is 1.36 bits per heavy atom. The van der Waals surface area contributed by atoms with Gasteiger partial charge in [0.25, 0.3) is 0 Å². The van der Waals surface area contributed by atoms with Crippen molar-refractivity contribution in [2.24, 2.45) is 11.8 Å². The molecule has 3 rings (SSSR count). The monoisotopic (exact) mass is 342 g/mol. The number of carbonyl (C=O) groups excluding carboxylic acids is 3. The van der Waals surface area contributed by atoms with Gasteiger partial charge in [0.2, 0.25) is 0 Å². The second kappa shape index (κ2) is 6.14. The molecule has 0 saturated carbocycles. The first-order valence-corrected chi connectivity index (χ1v) is 8.42. The third kappa shape index (κ3) is 2.68. The van der Waals surface area contributed by atoms with Crippen LogP contribution in [-0.2, 0) is 23.9 Å². The van der Waals surface area contributed by atoms with Gasteiger partial charge in [-0.2, -0.15) is 0 Å². The van der Waals surface area contributed by atoms with Gasteiger partial charge >= 0.3 is 11.9 Å². The van der Waals surface area contributed by atoms with Crippen LogP contribution in [0.25, 0.3) is 0 Å². The smallest absolute Gasteiger partial charge is 0.334 e. The average molecular weight is 342 g/mol. The Hall–Kier alpha value is -2.43. The third-order valence-corrected chi connectivity index (χ3v) is 5.40. The van der Waals surface area contributed by atoms with Gasteiger partial charge in [0, 0.05) is 29.1 Å². The standard InChI is InChI=1S/C20H22O5/c1-6-9(2)19(22)24-14-8-11(4)15-13(21)7-10(3)16(15)18-17(14)12(5)20(23)25-18/h6-7,14,16-18H,5,8H2,1-4H3/b9-6+/t14-,16+,17-,18-/m1/s1. The first-order valence-electron chi connectivity index (χ1n) is 8.42. The Bertz CT molecular complexity index is 780. The predicted octanol–water partition coefficient (Wildman–Crippen LogP) is 2.83. The summed E-state index contributed by atoms with van der Waals surface area (Å²) in [5, 5.41) is 0. The van der Waals surface area contributed by atoms with Gasteiger partial charge in [0.1, 0.15) is 12.2 Å². The van der Waals surface area contributed by atoms with E-state index in [2.05, 4.69) is 6.58 Å². The Kier molecular flexibility index (Phi) is 4.27. The second-order valence-electron chi connectivity index (χ2n) is 6.96. The topological polar surface area (TPSA) is 69.7 Å². The maximum atomic E-state index is 12.4. The molecular weight excluding hydrogens is 320 g/mol. The van der Waals surface area contributed by atoms with E-state index in [9.17, 15) is 14.4 Å². The van der Waals surface area contributed by atoms with E-state index >= 15 is 0 Å². The second-order valence-corrected chi connectivity index (χ2v) is 6.96. The number of ether oxygens (including phenoxy) is 2. The maximum absolute atomic E-state index is 12.4. The number of fused-ring (bicyclic) bond motifs is 3. The normalized spacial score (nSPS) is 32.1. The van der Waals surface area contributed by atoms with Crippen LogP contribution in [0.1, 0.15) is 34.1 Å². The zero-order chi connectivity index (χ0) is 18.5. The first kappa shape index (κ1) is 17.4. The zero-order valence-corrected chi connectivity index (χ0v) is 14.9. The molecule has 132 valence electrons. The molecule has 1 saturated heterocycles. The summed E-state index contributed by atoms with van der Waals surface area (Å²) in [6.07, 6.45) is 2.53. The molecule has 0 unspecified atom stereocenters. The van der Waals surface area contributed by atoms with Gasteiger partial charge in [-0.15, -0.1) is 0 Å². The van der Waals surface area contributed by atoms with E-state index in [0.29, 0.717) is 23.1 Å². The van der Waals surface area contributed by atoms with Crippen molar-refractivity contribution < 1.29 is 23.9 Å². The first-order chi connectivity index (χ1) is 11.8. The number of ketones is 1. The fourth-order valence-corrected chi connectivity index (χ4v) is 3.97. The molecule has 2 aliphatic carbocycles. The SMILES string of the molecule is C=C1C(=O)O[C@@H]2[C@H]3C(C)=CC(=O)C3=C(C)C[C@@H](OC(=O)/C(C)=C/C)[C@@H]12. The summed E-state index contributed by atoms with van der Waals surface area (Å²) in [4.78, 5) is 36.8. The summed E-state index contributed by atoms with van der Waals surface area (Å²) >= 11 is 0. The molecule has 5 heteroatoms. The lowest BCUT2D eigenvalue weighted by Gasteiger charge is -2.28. The van der Waals surface area contributed by atoms with Crippen LogP contribution in [0, 0.1) is 11.8 Å². The number of esters is 2. The van der Waals surface area contributed by atoms with Crippen LogP contribution in [0.4, 0.5) is 0 Å². The summed E-state index contributed by atoms with van der Waals surface area (Å²) in [5.41, 5.74) is 3.21. The van der Waals surface area contributed by atoms with Crippen molar-refractivity contribution in [2.75, 3.05) is 0 Å². The molecule has 0 spiro atoms. The van der Waals surface area contributed by atoms with Crippen molar-refractivity contribution in [3.8, 4) is 0 Å². The molecule has 4 atom stereocenters. The molecule has 1 aliphatic heterocycles. The van der Waals surface area contributed by atoms with Gasteiger partial charge in [0.15, 0.2) is 5.78 Å². The zero-order valence-electron chi connectivity index (χ0n) is 14.9. The van der Waals surface area contributed by atoms with Gasteiger partial charge in [-0.25, -0.2) is 9.59 Å². The Morgan fingerprint density at radius 2 is 2.04 bits per heavy atom. The molecule has 0 radical (unpaired) electrons. The molecule has 0 aromatic carbocycles. The lowest BCUT2D eigenvalue weighted by Crippen LogP contribution is -2.36. The Morgan fingerprint density at radius 3 is 2.68 bits per heavy atom. The lowest BCUT2D eigenvalue weighted by molar-refractivity contribution is -0.148. The van der Waals surface area contributed by atoms with E-state index in [1.807, 2.05) is 13.8 Å². The van der Waals surface area contributed by atoms with Crippen LogP contribution < -0.4 is 0 Å². The van der Waals surface area contributed by atoms with Crippen molar-refractivity contribution in [3.05, 3.63) is 46.6 Å². The Balaban J connectivity index is 2.04. The molecule has 3 aliphatic rings. The van der Waals surface area contributed by atoms with Crippen LogP contribution in [0.2, 0.25) is 0 Å². The minimum absolute atomic E-state index is 0.0519. The van der Waals surface area contributed by atoms with Gasteiger partial charge in [-0.3, -0.25) is 4.79 Å². The van der Waals surface area contributed by atoms with Gasteiger partial charge in [0.05, 0.1) is 5.92 Å². The molecule has 0 aromatic heterocycles. The highest BCUT2D eigenvalue weighted by atomic mass is 16.6. The summed E-state index contributed by atoms with van der Waals surface area (Å²) in [5.74, 6) is -1.70. The minimum Gasteiger partial charge on any atom is -0.458 e. The highest BCUT2D eigenvalue weighted by molar-refractivity contribution is 6.09. The molecule has 0 aromatic rings. The molecule has 25 heavy (non-hydrogen) atoms. The van der Waals surface area contributed by atoms with Crippen molar-refractivity contribution >= 4 is 17.7 Å². The number of hydrogen-bond donors (Lipinski definition) is 0. The molecule has 5 nitrogen and oxygen atoms in total. The molecule has 1 fully saturated rings. The highest BCUT2D eigenvalue weighted by Gasteiger charge is 2.53. The minimum atomic E-state index is -0.579. The van der Waals surface area contributed by atoms with Crippen molar-refractivity contribution in [3.63, 3.8) is 0 Å². The third-order valence-electron chi connectivity index (χ3n) is 5.40. The molecule has 0 N–H and O–H groups in total. The summed E-state index contributed by atoms with van der Waals surface area (Å²) in [7, 11) is 0. The van der Waals surface area contributed by atoms with E-state index in [0.717, 1.165) is 11.1 Å². The number of carbonyl (C=O) groups is 3. The van der Waals surface area contributed by atoms with Crippen molar-refractivity contribution in [2.45, 2.75) is 46.3 Å². The van der Waals surface area contributed by atoms with Gasteiger partial charge in [-0.05, 0) is 33.8 Å². The predicted molar refractivity (Wildman–Crippen MR) is 91.4 cm³/mol. The van der Waals surface area contributed by atoms with E-state index in [4.69, 9.17) is 9.47 Å². The summed E-state index contributed by atoms with van der Waals surface area (Å²) in [6, 6.07) is 0. The fraction of sp³-hybridized carbons (Fsp3) is 0.450. The van der Waals surface area contributed by atoms with Crippen LogP contribution in [-0.4, -0.2) is 29.9 Å². The van der Waals surface area contributed by atoms with Crippen LogP contribution in [0.15, 0.2) is 46.6 Å². The lowest BCUT2D eigenvalue weighted by atomic mass is 9.82. The van der Waals surface area contributed by atoms with Gasteiger partial charge < -0.3 is 9.47 Å². The molecule has 0 bridgehead atoms. The largest absolute Gasteiger partial charge is 0.458 e. The highest BCUT2D eigenvalue weighted by Crippen LogP contribution is 2.48. The van der Waals surface area contributed by atoms with Crippen LogP contribution >= 0.6 is 0 Å². The van der Waals surface area contributed by atoms with Crippen molar-refractivity contribution in [1.82, 2.24) is 0 Å². The van der Waals surface area contributed by atoms with Gasteiger partial charge in [-0.1, -0.05) is 23.8 Å². The molecule has 1 heterocycles. The molecule has 0 amide bonds. The number of hydrogen-bond acceptors (Lipinski definition) is 5. The van der Waals surface area contributed by atoms with E-state index in [-0.39, 0.29) is 11.7 Å². The number of rotatable bonds is 2. The molecular formula is C20H22O5. The van der Waals surface area contributed by atoms with E-state index < -0.39 is 30.1 Å². The number of allylic oxidation sites excluding steroid dienone is 2. The fourth-order valence-electron chi connectivity index (χ4n) is 3.97. The summed E-state index contributed by atoms with van der Waals surface area (Å²) in [6.45, 7) is 11.0. The average Bonchev–Trinajstić information content (AvgIpc) is 2.96. The summed E-state index contributed by atoms with van der Waals surface area (Å²) < 4.78 is 11.3. The van der Waals surface area contributed by atoms with E-state index in [1.165, 1.54) is 0 Å². The van der Waals surface area contributed by atoms with E-state index in [1.54, 1.807) is 26.0 Å². The quantitative estimate of drug-likeness (QED) is 0.570. The van der Waals surface area contributed by atoms with Crippen LogP contribution in [0.3, 0.4) is 0 Å². The maximum Gasteiger partial charge on any atom is 0.334 e. The van der Waals surface area contributed by atoms with Crippen LogP contribution in [0.5, 0.6) is 0 Å².